The molecule has 0 radical (unpaired) electrons. The number of piperidine rings is 1. The fourth-order valence-corrected chi connectivity index (χ4v) is 3.34. The van der Waals surface area contributed by atoms with Gasteiger partial charge in [0.05, 0.1) is 0 Å². The maximum absolute atomic E-state index is 12.8. The number of rotatable bonds is 3. The smallest absolute Gasteiger partial charge is 0.289 e. The third-order valence-electron chi connectivity index (χ3n) is 4.63. The first kappa shape index (κ1) is 15.6. The van der Waals surface area contributed by atoms with Gasteiger partial charge in [-0.2, -0.15) is 0 Å². The molecule has 0 bridgehead atoms. The average Bonchev–Trinajstić information content (AvgIpc) is 3.12. The van der Waals surface area contributed by atoms with Gasteiger partial charge in [0.1, 0.15) is 11.3 Å². The van der Waals surface area contributed by atoms with E-state index in [1.165, 1.54) is 0 Å². The Hall–Kier alpha value is -2.95. The molecule has 1 aliphatic rings. The number of Topliss-reactive ketones (excluding diaryl/α,β-unsaturated/α-hetero) is 1. The number of hydrogen-bond donors (Lipinski definition) is 0. The van der Waals surface area contributed by atoms with Crippen molar-refractivity contribution in [2.45, 2.75) is 12.8 Å². The van der Waals surface area contributed by atoms with Crippen LogP contribution in [0.25, 0.3) is 11.0 Å². The Morgan fingerprint density at radius 2 is 1.96 bits per heavy atom. The highest BCUT2D eigenvalue weighted by Gasteiger charge is 2.31. The number of para-hydroxylation sites is 1. The van der Waals surface area contributed by atoms with Crippen LogP contribution in [0.1, 0.15) is 33.9 Å². The average molecular weight is 334 g/mol. The normalized spacial score (nSPS) is 17.6. The number of furan rings is 1. The van der Waals surface area contributed by atoms with Crippen molar-refractivity contribution in [3.05, 3.63) is 66.2 Å². The molecule has 0 unspecified atom stereocenters. The first-order valence-corrected chi connectivity index (χ1v) is 8.45. The number of ketones is 1. The molecule has 3 heterocycles. The van der Waals surface area contributed by atoms with Gasteiger partial charge >= 0.3 is 0 Å². The number of amides is 1. The first-order chi connectivity index (χ1) is 12.2. The fourth-order valence-electron chi connectivity index (χ4n) is 3.34. The molecule has 1 saturated heterocycles. The van der Waals surface area contributed by atoms with Gasteiger partial charge in [0.15, 0.2) is 11.5 Å². The number of carbonyl (C=O) groups excluding carboxylic acids is 2. The molecule has 25 heavy (non-hydrogen) atoms. The zero-order valence-electron chi connectivity index (χ0n) is 13.7. The lowest BCUT2D eigenvalue weighted by Gasteiger charge is -2.31. The number of fused-ring (bicyclic) bond motifs is 1. The highest BCUT2D eigenvalue weighted by atomic mass is 16.3. The van der Waals surface area contributed by atoms with Crippen molar-refractivity contribution in [2.24, 2.45) is 5.92 Å². The van der Waals surface area contributed by atoms with Crippen LogP contribution >= 0.6 is 0 Å². The van der Waals surface area contributed by atoms with E-state index in [1.54, 1.807) is 35.4 Å². The van der Waals surface area contributed by atoms with E-state index in [2.05, 4.69) is 4.98 Å². The van der Waals surface area contributed by atoms with Crippen molar-refractivity contribution in [1.82, 2.24) is 9.88 Å². The number of pyridine rings is 1. The minimum absolute atomic E-state index is 0.00251. The minimum Gasteiger partial charge on any atom is -0.451 e. The summed E-state index contributed by atoms with van der Waals surface area (Å²) >= 11 is 0. The number of benzene rings is 1. The van der Waals surface area contributed by atoms with Crippen molar-refractivity contribution in [3.8, 4) is 0 Å². The topological polar surface area (TPSA) is 63.4 Å². The third-order valence-corrected chi connectivity index (χ3v) is 4.63. The number of carbonyl (C=O) groups is 2. The Morgan fingerprint density at radius 1 is 1.12 bits per heavy atom. The summed E-state index contributed by atoms with van der Waals surface area (Å²) in [5.74, 6) is -0.0402. The van der Waals surface area contributed by atoms with E-state index in [0.717, 1.165) is 18.2 Å². The molecular weight excluding hydrogens is 316 g/mol. The molecule has 3 aromatic rings. The maximum atomic E-state index is 12.8. The number of aromatic nitrogens is 1. The lowest BCUT2D eigenvalue weighted by molar-refractivity contribution is 0.0611. The molecule has 0 spiro atoms. The minimum atomic E-state index is -0.211. The van der Waals surface area contributed by atoms with Crippen LogP contribution in [0.4, 0.5) is 0 Å². The third kappa shape index (κ3) is 3.05. The van der Waals surface area contributed by atoms with E-state index in [4.69, 9.17) is 4.42 Å². The molecule has 2 aromatic heterocycles. The molecular formula is C20H18N2O3. The molecule has 1 atom stereocenters. The zero-order chi connectivity index (χ0) is 17.2. The van der Waals surface area contributed by atoms with Crippen LogP contribution in [-0.2, 0) is 0 Å². The van der Waals surface area contributed by atoms with Crippen LogP contribution in [0.2, 0.25) is 0 Å². The Kier molecular flexibility index (Phi) is 4.06. The van der Waals surface area contributed by atoms with Crippen molar-refractivity contribution in [3.63, 3.8) is 0 Å². The van der Waals surface area contributed by atoms with E-state index < -0.39 is 0 Å². The van der Waals surface area contributed by atoms with Crippen LogP contribution in [0, 0.1) is 5.92 Å². The SMILES string of the molecule is O=C(c1ccccn1)[C@@H]1CCCN(C(=O)c2cc3ccccc3o2)C1. The summed E-state index contributed by atoms with van der Waals surface area (Å²) < 4.78 is 5.67. The van der Waals surface area contributed by atoms with Crippen LogP contribution in [-0.4, -0.2) is 34.7 Å². The number of hydrogen-bond acceptors (Lipinski definition) is 4. The second kappa shape index (κ2) is 6.51. The molecule has 0 N–H and O–H groups in total. The quantitative estimate of drug-likeness (QED) is 0.687. The van der Waals surface area contributed by atoms with E-state index in [-0.39, 0.29) is 17.6 Å². The summed E-state index contributed by atoms with van der Waals surface area (Å²) in [5, 5.41) is 0.906. The second-order valence-electron chi connectivity index (χ2n) is 6.32. The molecule has 1 aliphatic heterocycles. The highest BCUT2D eigenvalue weighted by Crippen LogP contribution is 2.24. The lowest BCUT2D eigenvalue weighted by atomic mass is 9.92. The maximum Gasteiger partial charge on any atom is 0.289 e. The van der Waals surface area contributed by atoms with Crippen molar-refractivity contribution in [2.75, 3.05) is 13.1 Å². The number of nitrogens with zero attached hydrogens (tertiary/aromatic N) is 2. The molecule has 0 aliphatic carbocycles. The van der Waals surface area contributed by atoms with Crippen molar-refractivity contribution >= 4 is 22.7 Å². The largest absolute Gasteiger partial charge is 0.451 e. The van der Waals surface area contributed by atoms with Gasteiger partial charge in [0.25, 0.3) is 5.91 Å². The zero-order valence-corrected chi connectivity index (χ0v) is 13.7. The fraction of sp³-hybridized carbons (Fsp3) is 0.250. The second-order valence-corrected chi connectivity index (χ2v) is 6.32. The van der Waals surface area contributed by atoms with Crippen LogP contribution < -0.4 is 0 Å². The molecule has 126 valence electrons. The van der Waals surface area contributed by atoms with Crippen molar-refractivity contribution < 1.29 is 14.0 Å². The van der Waals surface area contributed by atoms with E-state index in [0.29, 0.717) is 30.1 Å². The molecule has 1 aromatic carbocycles. The van der Waals surface area contributed by atoms with Gasteiger partial charge < -0.3 is 9.32 Å². The Morgan fingerprint density at radius 3 is 2.76 bits per heavy atom. The van der Waals surface area contributed by atoms with Crippen molar-refractivity contribution in [1.29, 1.82) is 0 Å². The molecule has 1 fully saturated rings. The van der Waals surface area contributed by atoms with Gasteiger partial charge in [-0.05, 0) is 37.1 Å². The van der Waals surface area contributed by atoms with E-state index in [9.17, 15) is 9.59 Å². The molecule has 5 nitrogen and oxygen atoms in total. The van der Waals surface area contributed by atoms with E-state index >= 15 is 0 Å². The molecule has 5 heteroatoms. The van der Waals surface area contributed by atoms with E-state index in [1.807, 2.05) is 24.3 Å². The Balaban J connectivity index is 1.52. The van der Waals surface area contributed by atoms with Gasteiger partial charge in [-0.15, -0.1) is 0 Å². The van der Waals surface area contributed by atoms with Gasteiger partial charge in [0.2, 0.25) is 0 Å². The lowest BCUT2D eigenvalue weighted by Crippen LogP contribution is -2.42. The van der Waals surface area contributed by atoms with Gasteiger partial charge in [-0.1, -0.05) is 24.3 Å². The van der Waals surface area contributed by atoms with Gasteiger partial charge in [-0.25, -0.2) is 0 Å². The van der Waals surface area contributed by atoms with Crippen LogP contribution in [0.5, 0.6) is 0 Å². The monoisotopic (exact) mass is 334 g/mol. The molecule has 1 amide bonds. The van der Waals surface area contributed by atoms with Gasteiger partial charge in [-0.3, -0.25) is 14.6 Å². The highest BCUT2D eigenvalue weighted by molar-refractivity contribution is 5.98. The summed E-state index contributed by atoms with van der Waals surface area (Å²) in [7, 11) is 0. The number of likely N-dealkylation sites (tertiary alicyclic amines) is 1. The predicted molar refractivity (Wildman–Crippen MR) is 93.4 cm³/mol. The Labute approximate surface area is 145 Å². The summed E-state index contributed by atoms with van der Waals surface area (Å²) in [6.07, 6.45) is 3.20. The summed E-state index contributed by atoms with van der Waals surface area (Å²) in [6.45, 7) is 1.05. The van der Waals surface area contributed by atoms with Crippen LogP contribution in [0.3, 0.4) is 0 Å². The predicted octanol–water partition coefficient (Wildman–Crippen LogP) is 3.56. The van der Waals surface area contributed by atoms with Gasteiger partial charge in [0, 0.05) is 30.6 Å². The molecule has 0 saturated carbocycles. The molecule has 4 rings (SSSR count). The standard InChI is InChI=1S/C20H18N2O3/c23-19(16-8-3-4-10-21-16)15-7-5-11-22(13-15)20(24)18-12-14-6-1-2-9-17(14)25-18/h1-4,6,8-10,12,15H,5,7,11,13H2/t15-/m1/s1. The van der Waals surface area contributed by atoms with Crippen LogP contribution in [0.15, 0.2) is 59.1 Å². The summed E-state index contributed by atoms with van der Waals surface area (Å²) in [5.41, 5.74) is 1.16. The Bertz CT molecular complexity index is 884. The summed E-state index contributed by atoms with van der Waals surface area (Å²) in [6, 6.07) is 14.6. The summed E-state index contributed by atoms with van der Waals surface area (Å²) in [4.78, 5) is 31.3. The first-order valence-electron chi connectivity index (χ1n) is 8.45.